The van der Waals surface area contributed by atoms with Crippen LogP contribution in [0.2, 0.25) is 0 Å². The van der Waals surface area contributed by atoms with E-state index in [1.165, 1.54) is 29.0 Å². The quantitative estimate of drug-likeness (QED) is 0.690. The number of hydrogen-bond donors (Lipinski definition) is 1. The molecule has 6 nitrogen and oxygen atoms in total. The van der Waals surface area contributed by atoms with Crippen molar-refractivity contribution in [3.63, 3.8) is 0 Å². The lowest BCUT2D eigenvalue weighted by Gasteiger charge is -2.18. The molecule has 1 fully saturated rings. The summed E-state index contributed by atoms with van der Waals surface area (Å²) in [6.07, 6.45) is 4.26. The average Bonchev–Trinajstić information content (AvgIpc) is 3.08. The molecule has 7 heteroatoms. The third-order valence-electron chi connectivity index (χ3n) is 5.17. The number of anilines is 2. The van der Waals surface area contributed by atoms with E-state index in [2.05, 4.69) is 56.3 Å². The molecule has 4 heterocycles. The van der Waals surface area contributed by atoms with Crippen molar-refractivity contribution in [3.05, 3.63) is 40.3 Å². The van der Waals surface area contributed by atoms with Crippen molar-refractivity contribution in [2.24, 2.45) is 5.92 Å². The van der Waals surface area contributed by atoms with Gasteiger partial charge in [-0.2, -0.15) is 0 Å². The predicted molar refractivity (Wildman–Crippen MR) is 109 cm³/mol. The molecular formula is C20H24N6S. The molecule has 27 heavy (non-hydrogen) atoms. The highest BCUT2D eigenvalue weighted by Gasteiger charge is 2.28. The van der Waals surface area contributed by atoms with Crippen LogP contribution in [0.25, 0.3) is 11.5 Å². The van der Waals surface area contributed by atoms with Crippen molar-refractivity contribution in [3.8, 4) is 11.5 Å². The van der Waals surface area contributed by atoms with Crippen molar-refractivity contribution >= 4 is 22.8 Å². The maximum Gasteiger partial charge on any atom is 0.182 e. The van der Waals surface area contributed by atoms with Gasteiger partial charge >= 0.3 is 0 Å². The summed E-state index contributed by atoms with van der Waals surface area (Å²) in [5, 5.41) is 14.3. The second-order valence-corrected chi connectivity index (χ2v) is 8.82. The third kappa shape index (κ3) is 3.20. The minimum Gasteiger partial charge on any atom is -0.384 e. The minimum absolute atomic E-state index is 0.550. The normalized spacial score (nSPS) is 16.2. The van der Waals surface area contributed by atoms with Crippen LogP contribution in [0.4, 0.5) is 11.5 Å². The second kappa shape index (κ2) is 6.64. The smallest absolute Gasteiger partial charge is 0.182 e. The van der Waals surface area contributed by atoms with E-state index in [1.807, 2.05) is 23.7 Å². The monoisotopic (exact) mass is 380 g/mol. The van der Waals surface area contributed by atoms with Crippen LogP contribution in [0.5, 0.6) is 0 Å². The molecule has 1 aliphatic carbocycles. The molecular weight excluding hydrogens is 356 g/mol. The van der Waals surface area contributed by atoms with Crippen molar-refractivity contribution in [1.82, 2.24) is 19.7 Å². The molecule has 3 aromatic rings. The molecule has 0 unspecified atom stereocenters. The van der Waals surface area contributed by atoms with Gasteiger partial charge in [-0.15, -0.1) is 21.5 Å². The number of nitrogens with zero attached hydrogens (tertiary/aromatic N) is 5. The number of thiophene rings is 1. The fourth-order valence-electron chi connectivity index (χ4n) is 3.54. The molecule has 2 aliphatic rings. The summed E-state index contributed by atoms with van der Waals surface area (Å²) in [6.45, 7) is 7.32. The number of pyridine rings is 1. The van der Waals surface area contributed by atoms with E-state index in [0.717, 1.165) is 37.0 Å². The molecule has 3 aromatic heterocycles. The van der Waals surface area contributed by atoms with Gasteiger partial charge in [0, 0.05) is 35.0 Å². The van der Waals surface area contributed by atoms with Gasteiger partial charge < -0.3 is 14.8 Å². The highest BCUT2D eigenvalue weighted by Crippen LogP contribution is 2.39. The Bertz CT molecular complexity index is 955. The number of aromatic nitrogens is 4. The van der Waals surface area contributed by atoms with E-state index >= 15 is 0 Å². The Labute approximate surface area is 163 Å². The lowest BCUT2D eigenvalue weighted by molar-refractivity contribution is 0.688. The summed E-state index contributed by atoms with van der Waals surface area (Å²) in [6, 6.07) is 6.76. The van der Waals surface area contributed by atoms with E-state index in [9.17, 15) is 0 Å². The lowest BCUT2D eigenvalue weighted by atomic mass is 10.2. The van der Waals surface area contributed by atoms with E-state index in [4.69, 9.17) is 4.98 Å². The number of hydrogen-bond acceptors (Lipinski definition) is 6. The summed E-state index contributed by atoms with van der Waals surface area (Å²) in [4.78, 5) is 8.71. The van der Waals surface area contributed by atoms with Gasteiger partial charge in [0.1, 0.15) is 17.8 Å². The Morgan fingerprint density at radius 2 is 2.15 bits per heavy atom. The van der Waals surface area contributed by atoms with E-state index in [0.29, 0.717) is 12.0 Å². The summed E-state index contributed by atoms with van der Waals surface area (Å²) in [5.74, 6) is 2.53. The zero-order valence-electron chi connectivity index (χ0n) is 15.7. The standard InChI is InChI=1S/C20H24N6S/c1-13(2)8-21-17-11-27-18-10-25(9-15(17)18)19-5-3-4-16(23-19)20-24-22-12-26(20)14-6-7-14/h3-5,11-14,21H,6-10H2,1-2H3. The van der Waals surface area contributed by atoms with Crippen molar-refractivity contribution in [2.75, 3.05) is 16.8 Å². The first-order chi connectivity index (χ1) is 13.2. The first-order valence-corrected chi connectivity index (χ1v) is 10.5. The van der Waals surface area contributed by atoms with E-state index in [-0.39, 0.29) is 0 Å². The Balaban J connectivity index is 1.37. The van der Waals surface area contributed by atoms with Gasteiger partial charge in [0.15, 0.2) is 5.82 Å². The fraction of sp³-hybridized carbons (Fsp3) is 0.450. The van der Waals surface area contributed by atoms with Crippen LogP contribution in [-0.4, -0.2) is 26.3 Å². The summed E-state index contributed by atoms with van der Waals surface area (Å²) >= 11 is 1.85. The zero-order chi connectivity index (χ0) is 18.4. The van der Waals surface area contributed by atoms with Crippen LogP contribution in [0.15, 0.2) is 29.9 Å². The minimum atomic E-state index is 0.550. The van der Waals surface area contributed by atoms with E-state index in [1.54, 1.807) is 0 Å². The molecule has 1 saturated carbocycles. The first-order valence-electron chi connectivity index (χ1n) is 9.64. The van der Waals surface area contributed by atoms with Gasteiger partial charge in [-0.3, -0.25) is 0 Å². The molecule has 0 atom stereocenters. The summed E-state index contributed by atoms with van der Waals surface area (Å²) < 4.78 is 2.17. The van der Waals surface area contributed by atoms with Gasteiger partial charge in [-0.25, -0.2) is 4.98 Å². The molecule has 0 amide bonds. The summed E-state index contributed by atoms with van der Waals surface area (Å²) in [5.41, 5.74) is 3.62. The molecule has 0 aromatic carbocycles. The van der Waals surface area contributed by atoms with Gasteiger partial charge in [-0.05, 0) is 30.9 Å². The van der Waals surface area contributed by atoms with Crippen molar-refractivity contribution in [2.45, 2.75) is 45.8 Å². The average molecular weight is 381 g/mol. The first kappa shape index (κ1) is 16.7. The maximum absolute atomic E-state index is 4.92. The van der Waals surface area contributed by atoms with Crippen LogP contribution in [-0.2, 0) is 13.1 Å². The Morgan fingerprint density at radius 1 is 1.26 bits per heavy atom. The molecule has 0 bridgehead atoms. The second-order valence-electron chi connectivity index (χ2n) is 7.86. The van der Waals surface area contributed by atoms with Crippen LogP contribution >= 0.6 is 11.3 Å². The number of rotatable bonds is 6. The molecule has 140 valence electrons. The molecule has 0 spiro atoms. The Hall–Kier alpha value is -2.41. The van der Waals surface area contributed by atoms with Gasteiger partial charge in [0.05, 0.1) is 12.2 Å². The van der Waals surface area contributed by atoms with E-state index < -0.39 is 0 Å². The molecule has 0 radical (unpaired) electrons. The third-order valence-corrected chi connectivity index (χ3v) is 6.18. The Morgan fingerprint density at radius 3 is 2.96 bits per heavy atom. The van der Waals surface area contributed by atoms with Crippen LogP contribution in [0, 0.1) is 5.92 Å². The zero-order valence-corrected chi connectivity index (χ0v) is 16.5. The van der Waals surface area contributed by atoms with Crippen LogP contribution in [0.3, 0.4) is 0 Å². The molecule has 0 saturated heterocycles. The summed E-state index contributed by atoms with van der Waals surface area (Å²) in [7, 11) is 0. The van der Waals surface area contributed by atoms with Gasteiger partial charge in [0.25, 0.3) is 0 Å². The number of fused-ring (bicyclic) bond motifs is 1. The van der Waals surface area contributed by atoms with Gasteiger partial charge in [-0.1, -0.05) is 19.9 Å². The highest BCUT2D eigenvalue weighted by atomic mass is 32.1. The van der Waals surface area contributed by atoms with Crippen molar-refractivity contribution < 1.29 is 0 Å². The van der Waals surface area contributed by atoms with Crippen LogP contribution < -0.4 is 10.2 Å². The van der Waals surface area contributed by atoms with Crippen molar-refractivity contribution in [1.29, 1.82) is 0 Å². The topological polar surface area (TPSA) is 58.9 Å². The predicted octanol–water partition coefficient (Wildman–Crippen LogP) is 4.32. The Kier molecular flexibility index (Phi) is 4.11. The molecule has 5 rings (SSSR count). The largest absolute Gasteiger partial charge is 0.384 e. The molecule has 1 N–H and O–H groups in total. The SMILES string of the molecule is CC(C)CNc1csc2c1CN(c1cccc(-c3nncn3C3CC3)n1)C2. The fourth-order valence-corrected chi connectivity index (χ4v) is 4.58. The lowest BCUT2D eigenvalue weighted by Crippen LogP contribution is -2.17. The molecule has 1 aliphatic heterocycles. The maximum atomic E-state index is 4.92. The highest BCUT2D eigenvalue weighted by molar-refractivity contribution is 7.10. The van der Waals surface area contributed by atoms with Gasteiger partial charge in [0.2, 0.25) is 0 Å². The van der Waals surface area contributed by atoms with Crippen LogP contribution in [0.1, 0.15) is 43.2 Å². The number of nitrogens with one attached hydrogen (secondary N) is 1.